The van der Waals surface area contributed by atoms with Gasteiger partial charge in [-0.05, 0) is 94.3 Å². The average Bonchev–Trinajstić information content (AvgIpc) is 3.54. The number of Topliss-reactive ketones (excluding diaryl/α,β-unsaturated/α-hetero) is 1. The summed E-state index contributed by atoms with van der Waals surface area (Å²) in [7, 11) is 9.20. The summed E-state index contributed by atoms with van der Waals surface area (Å²) in [5.74, 6) is 2.32. The highest BCUT2D eigenvalue weighted by Crippen LogP contribution is 2.58. The van der Waals surface area contributed by atoms with Gasteiger partial charge in [-0.25, -0.2) is 0 Å². The summed E-state index contributed by atoms with van der Waals surface area (Å²) in [6.07, 6.45) is 6.86. The van der Waals surface area contributed by atoms with Crippen molar-refractivity contribution in [1.29, 1.82) is 0 Å². The molecule has 0 unspecified atom stereocenters. The molecule has 3 saturated heterocycles. The van der Waals surface area contributed by atoms with E-state index in [9.17, 15) is 4.79 Å². The van der Waals surface area contributed by atoms with Crippen molar-refractivity contribution in [2.24, 2.45) is 43.7 Å². The van der Waals surface area contributed by atoms with Crippen LogP contribution in [-0.4, -0.2) is 69.9 Å². The average molecular weight is 673 g/mol. The van der Waals surface area contributed by atoms with Gasteiger partial charge in [-0.3, -0.25) is 14.6 Å². The molecule has 0 amide bonds. The Labute approximate surface area is 293 Å². The number of fused-ring (bicyclic) bond motifs is 20. The van der Waals surface area contributed by atoms with E-state index in [-0.39, 0.29) is 23.7 Å². The number of carbonyl (C=O) groups excluding carboxylic acids is 1. The molecule has 8 heteroatoms. The van der Waals surface area contributed by atoms with Gasteiger partial charge in [0, 0.05) is 89.7 Å². The Morgan fingerprint density at radius 3 is 2.30 bits per heavy atom. The predicted octanol–water partition coefficient (Wildman–Crippen LogP) is 6.24. The molecule has 4 aromatic rings. The van der Waals surface area contributed by atoms with Gasteiger partial charge in [-0.2, -0.15) is 0 Å². The zero-order valence-corrected chi connectivity index (χ0v) is 30.1. The molecule has 8 nitrogen and oxygen atoms in total. The molecular formula is C42H48N4O4. The van der Waals surface area contributed by atoms with E-state index in [0.29, 0.717) is 42.5 Å². The van der Waals surface area contributed by atoms with E-state index in [1.165, 1.54) is 44.3 Å². The van der Waals surface area contributed by atoms with Gasteiger partial charge in [0.25, 0.3) is 0 Å². The Morgan fingerprint density at radius 1 is 0.780 bits per heavy atom. The number of carbonyl (C=O) groups is 1. The number of para-hydroxylation sites is 1. The lowest BCUT2D eigenvalue weighted by molar-refractivity contribution is -0.280. The van der Waals surface area contributed by atoms with E-state index in [0.717, 1.165) is 50.0 Å². The van der Waals surface area contributed by atoms with Crippen LogP contribution in [0.4, 0.5) is 0 Å². The molecule has 0 saturated carbocycles. The number of benzene rings is 2. The standard InChI is InChI=1S/C42H48N4O4/c1-21(47)29-18-48-19-30-24(29)14-36-41-27(17-34(30)43(36)3)23-11-12-38-28(39(23)46(41)6)13-32-25-15-37-40-26(22-9-7-8-10-33(22)45(40)5)16-35(44(37)4)31(25)20-49-42(32,2)50-38/h7-12,18,24-25,30-32,34-37H,13-17,19-20H2,1-6H3/t24-,25+,30+,31+,32-,34-,35-,36-,37-,42-/m0/s1. The van der Waals surface area contributed by atoms with E-state index in [1.54, 1.807) is 18.7 Å². The molecule has 2 aromatic heterocycles. The second kappa shape index (κ2) is 10.0. The molecule has 7 aliphatic rings. The molecule has 9 heterocycles. The molecule has 0 radical (unpaired) electrons. The zero-order valence-electron chi connectivity index (χ0n) is 30.1. The monoisotopic (exact) mass is 672 g/mol. The molecular weight excluding hydrogens is 624 g/mol. The third-order valence-corrected chi connectivity index (χ3v) is 15.1. The second-order valence-electron chi connectivity index (χ2n) is 17.0. The minimum atomic E-state index is -0.638. The highest BCUT2D eigenvalue weighted by atomic mass is 16.7. The Kier molecular flexibility index (Phi) is 6.04. The van der Waals surface area contributed by atoms with E-state index < -0.39 is 5.79 Å². The Balaban J connectivity index is 1.00. The number of rotatable bonds is 1. The Hall–Kier alpha value is -3.59. The number of nitrogens with zero attached hydrogens (tertiary/aromatic N) is 4. The lowest BCUT2D eigenvalue weighted by Gasteiger charge is -2.59. The third kappa shape index (κ3) is 3.65. The first-order chi connectivity index (χ1) is 24.1. The Bertz CT molecular complexity index is 2180. The van der Waals surface area contributed by atoms with Gasteiger partial charge < -0.3 is 23.3 Å². The Morgan fingerprint density at radius 2 is 1.50 bits per heavy atom. The van der Waals surface area contributed by atoms with Crippen LogP contribution in [0.2, 0.25) is 0 Å². The first-order valence-electron chi connectivity index (χ1n) is 18.9. The number of allylic oxidation sites excluding steroid dienone is 1. The largest absolute Gasteiger partial charge is 0.500 e. The van der Waals surface area contributed by atoms with Crippen molar-refractivity contribution in [3.63, 3.8) is 0 Å². The fourth-order valence-electron chi connectivity index (χ4n) is 12.8. The molecule has 10 atom stereocenters. The fraction of sp³-hybridized carbons (Fsp3) is 0.548. The van der Waals surface area contributed by atoms with Gasteiger partial charge in [0.2, 0.25) is 5.79 Å². The lowest BCUT2D eigenvalue weighted by Crippen LogP contribution is -2.64. The van der Waals surface area contributed by atoms with Crippen LogP contribution in [-0.2, 0) is 47.6 Å². The third-order valence-electron chi connectivity index (χ3n) is 15.1. The molecule has 3 fully saturated rings. The minimum absolute atomic E-state index is 0.150. The maximum absolute atomic E-state index is 12.7. The van der Waals surface area contributed by atoms with Gasteiger partial charge in [0.1, 0.15) is 5.75 Å². The summed E-state index contributed by atoms with van der Waals surface area (Å²) in [5.41, 5.74) is 10.9. The first-order valence-corrected chi connectivity index (χ1v) is 18.9. The molecule has 4 bridgehead atoms. The van der Waals surface area contributed by atoms with Crippen LogP contribution in [0.3, 0.4) is 0 Å². The topological polar surface area (TPSA) is 61.1 Å². The molecule has 2 aromatic carbocycles. The van der Waals surface area contributed by atoms with E-state index in [2.05, 4.69) is 90.4 Å². The summed E-state index contributed by atoms with van der Waals surface area (Å²) in [6.45, 7) is 5.35. The molecule has 0 N–H and O–H groups in total. The van der Waals surface area contributed by atoms with Crippen molar-refractivity contribution in [3.8, 4) is 5.75 Å². The van der Waals surface area contributed by atoms with Crippen LogP contribution < -0.4 is 4.74 Å². The van der Waals surface area contributed by atoms with Crippen molar-refractivity contribution >= 4 is 27.6 Å². The summed E-state index contributed by atoms with van der Waals surface area (Å²) in [6, 6.07) is 15.0. The van der Waals surface area contributed by atoms with Crippen LogP contribution in [0.15, 0.2) is 48.2 Å². The summed E-state index contributed by atoms with van der Waals surface area (Å²) in [4.78, 5) is 18.0. The summed E-state index contributed by atoms with van der Waals surface area (Å²) >= 11 is 0. The van der Waals surface area contributed by atoms with Gasteiger partial charge in [-0.1, -0.05) is 18.2 Å². The smallest absolute Gasteiger partial charge is 0.211 e. The van der Waals surface area contributed by atoms with Crippen LogP contribution in [0, 0.1) is 29.6 Å². The predicted molar refractivity (Wildman–Crippen MR) is 192 cm³/mol. The molecule has 0 spiro atoms. The first kappa shape index (κ1) is 30.1. The van der Waals surface area contributed by atoms with Crippen molar-refractivity contribution in [2.75, 3.05) is 27.3 Å². The van der Waals surface area contributed by atoms with Gasteiger partial charge >= 0.3 is 0 Å². The summed E-state index contributed by atoms with van der Waals surface area (Å²) in [5, 5.41) is 2.80. The van der Waals surface area contributed by atoms with Crippen LogP contribution in [0.1, 0.15) is 66.9 Å². The lowest BCUT2D eigenvalue weighted by atomic mass is 9.62. The van der Waals surface area contributed by atoms with Crippen molar-refractivity contribution in [2.45, 2.75) is 75.9 Å². The molecule has 50 heavy (non-hydrogen) atoms. The van der Waals surface area contributed by atoms with Gasteiger partial charge in [0.05, 0.1) is 37.1 Å². The highest BCUT2D eigenvalue weighted by Gasteiger charge is 2.59. The number of hydrogen-bond donors (Lipinski definition) is 0. The SMILES string of the molecule is CC(=O)C1=COC[C@@H]2[C@H]1C[C@H]1c3c(c4ccc5c(c4n3C)C[C@H]3[C@@H]4C[C@H]6c7c(c8ccccc8n7C)C[C@@H]([C@@H]4CO[C@@]3(C)O5)N6C)C[C@@H]2N1C. The van der Waals surface area contributed by atoms with Crippen molar-refractivity contribution in [1.82, 2.24) is 18.9 Å². The highest BCUT2D eigenvalue weighted by molar-refractivity contribution is 5.94. The fourth-order valence-corrected chi connectivity index (χ4v) is 12.8. The normalized spacial score (nSPS) is 37.0. The zero-order chi connectivity index (χ0) is 34.0. The van der Waals surface area contributed by atoms with Crippen LogP contribution in [0.25, 0.3) is 21.8 Å². The molecule has 0 aliphatic carbocycles. The maximum Gasteiger partial charge on any atom is 0.211 e. The van der Waals surface area contributed by atoms with Gasteiger partial charge in [0.15, 0.2) is 5.78 Å². The maximum atomic E-state index is 12.7. The number of likely N-dealkylation sites (N-methyl/N-ethyl adjacent to an activating group) is 2. The number of aromatic nitrogens is 2. The quantitative estimate of drug-likeness (QED) is 0.239. The minimum Gasteiger partial charge on any atom is -0.500 e. The van der Waals surface area contributed by atoms with E-state index >= 15 is 0 Å². The van der Waals surface area contributed by atoms with E-state index in [4.69, 9.17) is 14.2 Å². The van der Waals surface area contributed by atoms with Crippen molar-refractivity contribution in [3.05, 3.63) is 76.3 Å². The van der Waals surface area contributed by atoms with Crippen LogP contribution >= 0.6 is 0 Å². The molecule has 11 rings (SSSR count). The number of hydrogen-bond acceptors (Lipinski definition) is 6. The number of ketones is 1. The molecule has 7 aliphatic heterocycles. The van der Waals surface area contributed by atoms with Crippen molar-refractivity contribution < 1.29 is 19.0 Å². The number of aryl methyl sites for hydroxylation is 2. The number of ether oxygens (including phenoxy) is 3. The summed E-state index contributed by atoms with van der Waals surface area (Å²) < 4.78 is 24.9. The second-order valence-corrected chi connectivity index (χ2v) is 17.0. The number of piperidine rings is 2. The van der Waals surface area contributed by atoms with Crippen LogP contribution in [0.5, 0.6) is 5.75 Å². The molecule has 260 valence electrons. The van der Waals surface area contributed by atoms with Gasteiger partial charge in [-0.15, -0.1) is 0 Å². The van der Waals surface area contributed by atoms with E-state index in [1.807, 2.05) is 0 Å².